The maximum atomic E-state index is 9.93. The minimum absolute atomic E-state index is 0.452. The van der Waals surface area contributed by atoms with Crippen molar-refractivity contribution in [2.75, 3.05) is 53.2 Å². The lowest BCUT2D eigenvalue weighted by molar-refractivity contribution is -0.108. The maximum Gasteiger partial charge on any atom is 0.122 e. The van der Waals surface area contributed by atoms with Crippen LogP contribution in [0.15, 0.2) is 0 Å². The topological polar surface area (TPSA) is 56.8 Å². The van der Waals surface area contributed by atoms with Gasteiger partial charge in [0.05, 0.1) is 39.6 Å². The molecule has 5 heteroatoms. The Hall–Kier alpha value is -0.490. The zero-order valence-corrected chi connectivity index (χ0v) is 9.37. The molecule has 0 rings (SSSR count). The molecule has 0 saturated carbocycles. The average Bonchev–Trinajstić information content (AvgIpc) is 2.26. The van der Waals surface area contributed by atoms with E-state index in [1.807, 2.05) is 7.05 Å². The molecular formula is C10H21NO4. The fraction of sp³-hybridized carbons (Fsp3) is 0.900. The van der Waals surface area contributed by atoms with Crippen LogP contribution in [-0.4, -0.2) is 59.5 Å². The van der Waals surface area contributed by atoms with Crippen molar-refractivity contribution < 1.29 is 19.0 Å². The Balaban J connectivity index is 2.83. The van der Waals surface area contributed by atoms with Crippen LogP contribution < -0.4 is 5.32 Å². The Morgan fingerprint density at radius 1 is 0.933 bits per heavy atom. The molecule has 15 heavy (non-hydrogen) atoms. The minimum atomic E-state index is 0.452. The summed E-state index contributed by atoms with van der Waals surface area (Å²) >= 11 is 0. The summed E-state index contributed by atoms with van der Waals surface area (Å²) in [7, 11) is 1.89. The lowest BCUT2D eigenvalue weighted by atomic mass is 10.5. The summed E-state index contributed by atoms with van der Waals surface area (Å²) in [5.74, 6) is 0. The van der Waals surface area contributed by atoms with Crippen molar-refractivity contribution in [3.63, 3.8) is 0 Å². The Morgan fingerprint density at radius 2 is 1.47 bits per heavy atom. The highest BCUT2D eigenvalue weighted by Crippen LogP contribution is 1.82. The van der Waals surface area contributed by atoms with Gasteiger partial charge in [0.2, 0.25) is 0 Å². The molecule has 0 aliphatic rings. The van der Waals surface area contributed by atoms with Gasteiger partial charge in [-0.05, 0) is 7.05 Å². The zero-order valence-electron chi connectivity index (χ0n) is 9.37. The maximum absolute atomic E-state index is 9.93. The first-order chi connectivity index (χ1) is 7.41. The molecule has 90 valence electrons. The van der Waals surface area contributed by atoms with E-state index in [0.717, 1.165) is 12.8 Å². The van der Waals surface area contributed by atoms with Crippen LogP contribution in [0.3, 0.4) is 0 Å². The highest BCUT2D eigenvalue weighted by molar-refractivity contribution is 5.49. The molecule has 0 aliphatic carbocycles. The van der Waals surface area contributed by atoms with Crippen LogP contribution >= 0.6 is 0 Å². The van der Waals surface area contributed by atoms with Gasteiger partial charge in [-0.25, -0.2) is 0 Å². The van der Waals surface area contributed by atoms with Gasteiger partial charge in [0, 0.05) is 13.0 Å². The third-order valence-corrected chi connectivity index (χ3v) is 1.62. The SMILES string of the molecule is CNCCOCCOCCOCCC=O. The number of carbonyl (C=O) groups excluding carboxylic acids is 1. The molecule has 0 unspecified atom stereocenters. The second-order valence-electron chi connectivity index (χ2n) is 2.90. The highest BCUT2D eigenvalue weighted by Gasteiger charge is 1.90. The van der Waals surface area contributed by atoms with E-state index in [2.05, 4.69) is 5.32 Å². The Labute approximate surface area is 91.1 Å². The second-order valence-corrected chi connectivity index (χ2v) is 2.90. The standard InChI is InChI=1S/C10H21NO4/c1-11-3-6-14-8-10-15-9-7-13-5-2-4-12/h4,11H,2-3,5-10H2,1H3. The van der Waals surface area contributed by atoms with E-state index < -0.39 is 0 Å². The Kier molecular flexibility index (Phi) is 13.1. The van der Waals surface area contributed by atoms with Crippen molar-refractivity contribution in [2.24, 2.45) is 0 Å². The van der Waals surface area contributed by atoms with Crippen molar-refractivity contribution >= 4 is 6.29 Å². The van der Waals surface area contributed by atoms with Crippen LogP contribution in [0.4, 0.5) is 0 Å². The van der Waals surface area contributed by atoms with Crippen LogP contribution in [0, 0.1) is 0 Å². The Morgan fingerprint density at radius 3 is 2.00 bits per heavy atom. The van der Waals surface area contributed by atoms with E-state index in [1.165, 1.54) is 0 Å². The second kappa shape index (κ2) is 13.5. The number of carbonyl (C=O) groups is 1. The van der Waals surface area contributed by atoms with Gasteiger partial charge in [0.1, 0.15) is 6.29 Å². The number of rotatable bonds is 12. The molecule has 0 aromatic rings. The van der Waals surface area contributed by atoms with Crippen LogP contribution in [0.25, 0.3) is 0 Å². The van der Waals surface area contributed by atoms with Gasteiger partial charge in [-0.2, -0.15) is 0 Å². The first-order valence-electron chi connectivity index (χ1n) is 5.23. The molecule has 0 heterocycles. The molecule has 0 spiro atoms. The smallest absolute Gasteiger partial charge is 0.122 e. The lowest BCUT2D eigenvalue weighted by Gasteiger charge is -2.05. The fourth-order valence-electron chi connectivity index (χ4n) is 0.848. The van der Waals surface area contributed by atoms with E-state index >= 15 is 0 Å². The van der Waals surface area contributed by atoms with Crippen molar-refractivity contribution in [2.45, 2.75) is 6.42 Å². The molecule has 0 atom stereocenters. The molecule has 0 radical (unpaired) electrons. The van der Waals surface area contributed by atoms with Crippen LogP contribution in [0.5, 0.6) is 0 Å². The van der Waals surface area contributed by atoms with Gasteiger partial charge in [-0.3, -0.25) is 0 Å². The van der Waals surface area contributed by atoms with E-state index in [1.54, 1.807) is 0 Å². The first-order valence-corrected chi connectivity index (χ1v) is 5.23. The molecule has 0 bridgehead atoms. The molecule has 0 aromatic heterocycles. The van der Waals surface area contributed by atoms with Crippen molar-refractivity contribution in [3.8, 4) is 0 Å². The van der Waals surface area contributed by atoms with Crippen molar-refractivity contribution in [3.05, 3.63) is 0 Å². The summed E-state index contributed by atoms with van der Waals surface area (Å²) in [5, 5.41) is 2.98. The van der Waals surface area contributed by atoms with E-state index in [4.69, 9.17) is 14.2 Å². The number of hydrogen-bond acceptors (Lipinski definition) is 5. The predicted octanol–water partition coefficient (Wildman–Crippen LogP) is -0.155. The summed E-state index contributed by atoms with van der Waals surface area (Å²) < 4.78 is 15.6. The molecule has 1 N–H and O–H groups in total. The number of aldehydes is 1. The average molecular weight is 219 g/mol. The van der Waals surface area contributed by atoms with E-state index in [9.17, 15) is 4.79 Å². The van der Waals surface area contributed by atoms with Gasteiger partial charge in [0.25, 0.3) is 0 Å². The summed E-state index contributed by atoms with van der Waals surface area (Å²) in [5.41, 5.74) is 0. The third-order valence-electron chi connectivity index (χ3n) is 1.62. The number of likely N-dealkylation sites (N-methyl/N-ethyl adjacent to an activating group) is 1. The largest absolute Gasteiger partial charge is 0.379 e. The molecule has 0 fully saturated rings. The minimum Gasteiger partial charge on any atom is -0.379 e. The van der Waals surface area contributed by atoms with Crippen molar-refractivity contribution in [1.29, 1.82) is 0 Å². The first kappa shape index (κ1) is 14.5. The molecule has 5 nitrogen and oxygen atoms in total. The summed E-state index contributed by atoms with van der Waals surface area (Å²) in [6, 6.07) is 0. The van der Waals surface area contributed by atoms with Crippen LogP contribution in [-0.2, 0) is 19.0 Å². The quantitative estimate of drug-likeness (QED) is 0.365. The van der Waals surface area contributed by atoms with Gasteiger partial charge >= 0.3 is 0 Å². The Bertz CT molecular complexity index is 133. The molecule has 0 amide bonds. The van der Waals surface area contributed by atoms with Gasteiger partial charge < -0.3 is 24.3 Å². The molecule has 0 saturated heterocycles. The zero-order chi connectivity index (χ0) is 11.2. The van der Waals surface area contributed by atoms with Crippen LogP contribution in [0.2, 0.25) is 0 Å². The number of ether oxygens (including phenoxy) is 3. The summed E-state index contributed by atoms with van der Waals surface area (Å²) in [6.45, 7) is 4.31. The highest BCUT2D eigenvalue weighted by atomic mass is 16.5. The van der Waals surface area contributed by atoms with E-state index in [-0.39, 0.29) is 0 Å². The lowest BCUT2D eigenvalue weighted by Crippen LogP contribution is -2.16. The molecule has 0 aromatic carbocycles. The van der Waals surface area contributed by atoms with Gasteiger partial charge in [0.15, 0.2) is 0 Å². The van der Waals surface area contributed by atoms with Gasteiger partial charge in [-0.15, -0.1) is 0 Å². The van der Waals surface area contributed by atoms with E-state index in [0.29, 0.717) is 46.1 Å². The molecular weight excluding hydrogens is 198 g/mol. The summed E-state index contributed by atoms with van der Waals surface area (Å²) in [6.07, 6.45) is 1.30. The normalized spacial score (nSPS) is 10.5. The summed E-state index contributed by atoms with van der Waals surface area (Å²) in [4.78, 5) is 9.93. The number of nitrogens with one attached hydrogen (secondary N) is 1. The predicted molar refractivity (Wildman–Crippen MR) is 57.1 cm³/mol. The van der Waals surface area contributed by atoms with Crippen molar-refractivity contribution in [1.82, 2.24) is 5.32 Å². The van der Waals surface area contributed by atoms with Crippen LogP contribution in [0.1, 0.15) is 6.42 Å². The molecule has 0 aliphatic heterocycles. The fourth-order valence-corrected chi connectivity index (χ4v) is 0.848. The van der Waals surface area contributed by atoms with Gasteiger partial charge in [-0.1, -0.05) is 0 Å². The monoisotopic (exact) mass is 219 g/mol. The third kappa shape index (κ3) is 13.5. The number of hydrogen-bond donors (Lipinski definition) is 1.